The number of fused-ring (bicyclic) bond motifs is 1. The molecule has 174 valence electrons. The molecule has 3 heterocycles. The number of hydrogen-bond donors (Lipinski definition) is 3. The Hall–Kier alpha value is -4.55. The highest BCUT2D eigenvalue weighted by molar-refractivity contribution is 6.09. The second-order valence-corrected chi connectivity index (χ2v) is 8.30. The lowest BCUT2D eigenvalue weighted by atomic mass is 10.1. The van der Waals surface area contributed by atoms with Crippen LogP contribution in [0.3, 0.4) is 0 Å². The van der Waals surface area contributed by atoms with Crippen molar-refractivity contribution in [3.8, 4) is 23.2 Å². The number of phenolic OH excluding ortho intramolecular Hbond substituents is 1. The van der Waals surface area contributed by atoms with Crippen molar-refractivity contribution in [2.75, 3.05) is 29.9 Å². The number of amides is 1. The van der Waals surface area contributed by atoms with Gasteiger partial charge in [0.15, 0.2) is 5.82 Å². The molecule has 0 bridgehead atoms. The monoisotopic (exact) mass is 465 g/mol. The molecule has 9 heteroatoms. The van der Waals surface area contributed by atoms with Crippen LogP contribution in [-0.4, -0.2) is 51.6 Å². The first-order valence-electron chi connectivity index (χ1n) is 11.3. The van der Waals surface area contributed by atoms with Gasteiger partial charge in [-0.3, -0.25) is 9.78 Å². The molecule has 0 spiro atoms. The van der Waals surface area contributed by atoms with Crippen LogP contribution in [0, 0.1) is 11.3 Å². The largest absolute Gasteiger partial charge is 0.508 e. The summed E-state index contributed by atoms with van der Waals surface area (Å²) in [5, 5.41) is 27.1. The van der Waals surface area contributed by atoms with E-state index in [1.807, 2.05) is 24.3 Å². The maximum Gasteiger partial charge on any atom is 0.274 e. The van der Waals surface area contributed by atoms with E-state index in [1.165, 1.54) is 6.07 Å². The summed E-state index contributed by atoms with van der Waals surface area (Å²) in [6.07, 6.45) is 3.69. The number of carbonyl (C=O) groups excluding carboxylic acids is 1. The molecule has 2 aromatic carbocycles. The zero-order chi connectivity index (χ0) is 24.2. The molecule has 3 N–H and O–H groups in total. The van der Waals surface area contributed by atoms with Crippen LogP contribution in [0.2, 0.25) is 0 Å². The third kappa shape index (κ3) is 4.88. The van der Waals surface area contributed by atoms with Crippen LogP contribution in [0.4, 0.5) is 11.5 Å². The molecular weight excluding hydrogens is 442 g/mol. The van der Waals surface area contributed by atoms with E-state index in [1.54, 1.807) is 36.7 Å². The van der Waals surface area contributed by atoms with E-state index in [2.05, 4.69) is 31.6 Å². The molecule has 4 aromatic rings. The number of nitriles is 1. The predicted molar refractivity (Wildman–Crippen MR) is 133 cm³/mol. The van der Waals surface area contributed by atoms with Crippen molar-refractivity contribution in [3.05, 3.63) is 72.7 Å². The fourth-order valence-electron chi connectivity index (χ4n) is 4.21. The van der Waals surface area contributed by atoms with Gasteiger partial charge in [0, 0.05) is 61.2 Å². The predicted octanol–water partition coefficient (Wildman–Crippen LogP) is 3.34. The van der Waals surface area contributed by atoms with Gasteiger partial charge in [-0.2, -0.15) is 5.26 Å². The topological polar surface area (TPSA) is 127 Å². The van der Waals surface area contributed by atoms with Crippen molar-refractivity contribution < 1.29 is 9.90 Å². The molecule has 0 radical (unpaired) electrons. The van der Waals surface area contributed by atoms with Crippen molar-refractivity contribution in [1.29, 1.82) is 5.26 Å². The maximum atomic E-state index is 13.4. The lowest BCUT2D eigenvalue weighted by Crippen LogP contribution is -2.51. The summed E-state index contributed by atoms with van der Waals surface area (Å²) >= 11 is 0. The third-order valence-corrected chi connectivity index (χ3v) is 5.90. The second-order valence-electron chi connectivity index (χ2n) is 8.30. The van der Waals surface area contributed by atoms with Crippen LogP contribution in [0.15, 0.2) is 67.0 Å². The first-order valence-corrected chi connectivity index (χ1v) is 11.3. The zero-order valence-electron chi connectivity index (χ0n) is 18.8. The number of nitrogens with zero attached hydrogens (tertiary/aromatic N) is 5. The summed E-state index contributed by atoms with van der Waals surface area (Å²) in [5.41, 5.74) is 1.43. The molecule has 0 aliphatic carbocycles. The Morgan fingerprint density at radius 2 is 2.00 bits per heavy atom. The molecule has 9 nitrogen and oxygen atoms in total. The zero-order valence-corrected chi connectivity index (χ0v) is 18.8. The smallest absolute Gasteiger partial charge is 0.274 e. The molecule has 1 aliphatic rings. The standard InChI is InChI=1S/C26H23N7O2/c27-8-5-19-16-33(12-11-29-19)24-15-23(30-25(32-24)17-6-9-28-10-7-17)26(35)31-22-14-20(34)13-18-3-1-2-4-21(18)22/h1-4,6-7,9-10,13-15,19,29,34H,5,11-12,16H2,(H,31,35)/t19-/m0/s1. The number of nitrogens with one attached hydrogen (secondary N) is 2. The summed E-state index contributed by atoms with van der Waals surface area (Å²) in [4.78, 5) is 28.8. The lowest BCUT2D eigenvalue weighted by molar-refractivity contribution is 0.102. The molecule has 2 aromatic heterocycles. The number of carbonyl (C=O) groups is 1. The van der Waals surface area contributed by atoms with Gasteiger partial charge in [-0.1, -0.05) is 24.3 Å². The number of phenols is 1. The van der Waals surface area contributed by atoms with Gasteiger partial charge in [0.05, 0.1) is 18.2 Å². The molecule has 35 heavy (non-hydrogen) atoms. The highest BCUT2D eigenvalue weighted by Crippen LogP contribution is 2.29. The third-order valence-electron chi connectivity index (χ3n) is 5.90. The van der Waals surface area contributed by atoms with Crippen LogP contribution in [-0.2, 0) is 0 Å². The first kappa shape index (κ1) is 22.3. The summed E-state index contributed by atoms with van der Waals surface area (Å²) in [7, 11) is 0. The minimum absolute atomic E-state index is 0.0176. The quantitative estimate of drug-likeness (QED) is 0.410. The van der Waals surface area contributed by atoms with E-state index in [9.17, 15) is 9.90 Å². The lowest BCUT2D eigenvalue weighted by Gasteiger charge is -2.33. The Morgan fingerprint density at radius 1 is 1.17 bits per heavy atom. The van der Waals surface area contributed by atoms with Gasteiger partial charge in [-0.25, -0.2) is 9.97 Å². The summed E-state index contributed by atoms with van der Waals surface area (Å²) in [6.45, 7) is 1.99. The van der Waals surface area contributed by atoms with E-state index in [0.717, 1.165) is 16.3 Å². The Kier molecular flexibility index (Phi) is 6.20. The fraction of sp³-hybridized carbons (Fsp3) is 0.192. The summed E-state index contributed by atoms with van der Waals surface area (Å²) < 4.78 is 0. The number of aromatic hydroxyl groups is 1. The van der Waals surface area contributed by atoms with E-state index in [-0.39, 0.29) is 17.5 Å². The van der Waals surface area contributed by atoms with Gasteiger partial charge in [0.2, 0.25) is 0 Å². The van der Waals surface area contributed by atoms with Crippen molar-refractivity contribution in [2.24, 2.45) is 0 Å². The van der Waals surface area contributed by atoms with E-state index in [0.29, 0.717) is 43.4 Å². The van der Waals surface area contributed by atoms with Crippen LogP contribution >= 0.6 is 0 Å². The van der Waals surface area contributed by atoms with Gasteiger partial charge < -0.3 is 20.6 Å². The number of benzene rings is 2. The normalized spacial score (nSPS) is 15.5. The van der Waals surface area contributed by atoms with Gasteiger partial charge in [-0.05, 0) is 23.6 Å². The SMILES string of the molecule is N#CC[C@H]1CN(c2cc(C(=O)Nc3cc(O)cc4ccccc34)nc(-c3ccncc3)n2)CCN1. The fourth-order valence-corrected chi connectivity index (χ4v) is 4.21. The highest BCUT2D eigenvalue weighted by Gasteiger charge is 2.23. The Bertz CT molecular complexity index is 1420. The number of hydrogen-bond acceptors (Lipinski definition) is 8. The van der Waals surface area contributed by atoms with Crippen LogP contribution in [0.25, 0.3) is 22.2 Å². The number of anilines is 2. The molecular formula is C26H23N7O2. The number of aromatic nitrogens is 3. The van der Waals surface area contributed by atoms with Crippen LogP contribution < -0.4 is 15.5 Å². The molecule has 1 amide bonds. The van der Waals surface area contributed by atoms with E-state index in [4.69, 9.17) is 10.2 Å². The Morgan fingerprint density at radius 3 is 2.83 bits per heavy atom. The molecule has 1 saturated heterocycles. The number of pyridine rings is 1. The molecule has 0 unspecified atom stereocenters. The average Bonchev–Trinajstić information content (AvgIpc) is 2.89. The molecule has 5 rings (SSSR count). The summed E-state index contributed by atoms with van der Waals surface area (Å²) in [5.74, 6) is 0.668. The molecule has 1 atom stereocenters. The average molecular weight is 466 g/mol. The molecule has 0 saturated carbocycles. The maximum absolute atomic E-state index is 13.4. The van der Waals surface area contributed by atoms with Gasteiger partial charge >= 0.3 is 0 Å². The van der Waals surface area contributed by atoms with Gasteiger partial charge in [-0.15, -0.1) is 0 Å². The number of piperazine rings is 1. The minimum Gasteiger partial charge on any atom is -0.508 e. The van der Waals surface area contributed by atoms with Crippen molar-refractivity contribution >= 4 is 28.2 Å². The van der Waals surface area contributed by atoms with E-state index < -0.39 is 5.91 Å². The van der Waals surface area contributed by atoms with Gasteiger partial charge in [0.25, 0.3) is 5.91 Å². The number of rotatable bonds is 5. The van der Waals surface area contributed by atoms with Crippen LogP contribution in [0.1, 0.15) is 16.9 Å². The first-order chi connectivity index (χ1) is 17.1. The highest BCUT2D eigenvalue weighted by atomic mass is 16.3. The van der Waals surface area contributed by atoms with Crippen molar-refractivity contribution in [2.45, 2.75) is 12.5 Å². The Labute approximate surface area is 202 Å². The van der Waals surface area contributed by atoms with Crippen LogP contribution in [0.5, 0.6) is 5.75 Å². The van der Waals surface area contributed by atoms with Gasteiger partial charge in [0.1, 0.15) is 17.3 Å². The van der Waals surface area contributed by atoms with Crippen molar-refractivity contribution in [3.63, 3.8) is 0 Å². The minimum atomic E-state index is -0.414. The Balaban J connectivity index is 1.52. The summed E-state index contributed by atoms with van der Waals surface area (Å²) in [6, 6.07) is 18.2. The van der Waals surface area contributed by atoms with Crippen molar-refractivity contribution in [1.82, 2.24) is 20.3 Å². The molecule has 1 fully saturated rings. The van der Waals surface area contributed by atoms with E-state index >= 15 is 0 Å². The second kappa shape index (κ2) is 9.75. The molecule has 1 aliphatic heterocycles.